The zero-order valence-corrected chi connectivity index (χ0v) is 19.9. The van der Waals surface area contributed by atoms with Gasteiger partial charge in [-0.15, -0.1) is 0 Å². The highest BCUT2D eigenvalue weighted by atomic mass is 35.5. The van der Waals surface area contributed by atoms with E-state index in [1.807, 2.05) is 39.0 Å². The van der Waals surface area contributed by atoms with Crippen molar-refractivity contribution in [1.82, 2.24) is 20.2 Å². The summed E-state index contributed by atoms with van der Waals surface area (Å²) in [6.07, 6.45) is 2.77. The molecule has 0 saturated heterocycles. The quantitative estimate of drug-likeness (QED) is 0.406. The molecule has 0 saturated carbocycles. The molecular weight excluding hydrogens is 446 g/mol. The summed E-state index contributed by atoms with van der Waals surface area (Å²) in [5.74, 6) is -1.85. The zero-order valence-electron chi connectivity index (χ0n) is 19.1. The minimum Gasteiger partial charge on any atom is -0.283 e. The van der Waals surface area contributed by atoms with Crippen molar-refractivity contribution >= 4 is 29.2 Å². The van der Waals surface area contributed by atoms with Gasteiger partial charge in [-0.1, -0.05) is 37.6 Å². The first-order valence-electron chi connectivity index (χ1n) is 10.8. The molecule has 5 nitrogen and oxygen atoms in total. The van der Waals surface area contributed by atoms with Gasteiger partial charge >= 0.3 is 0 Å². The number of allylic oxidation sites excluding steroid dienone is 1. The van der Waals surface area contributed by atoms with E-state index in [0.29, 0.717) is 29.4 Å². The summed E-state index contributed by atoms with van der Waals surface area (Å²) in [6.45, 7) is 8.91. The maximum Gasteiger partial charge on any atom is 0.286 e. The Morgan fingerprint density at radius 1 is 1.18 bits per heavy atom. The van der Waals surface area contributed by atoms with Gasteiger partial charge in [0, 0.05) is 29.7 Å². The Morgan fingerprint density at radius 3 is 2.48 bits per heavy atom. The first-order valence-corrected chi connectivity index (χ1v) is 11.2. The maximum atomic E-state index is 14.7. The molecule has 0 aliphatic carbocycles. The maximum absolute atomic E-state index is 14.7. The number of carbonyl (C=O) groups excluding carboxylic acids is 1. The lowest BCUT2D eigenvalue weighted by Crippen LogP contribution is -2.42. The van der Waals surface area contributed by atoms with Gasteiger partial charge in [-0.25, -0.2) is 18.5 Å². The Bertz CT molecular complexity index is 1170. The molecule has 8 heteroatoms. The average Bonchev–Trinajstić information content (AvgIpc) is 3.12. The molecule has 1 amide bonds. The van der Waals surface area contributed by atoms with Crippen LogP contribution in [0.4, 0.5) is 8.78 Å². The van der Waals surface area contributed by atoms with Crippen LogP contribution in [0.1, 0.15) is 54.5 Å². The third kappa shape index (κ3) is 5.67. The van der Waals surface area contributed by atoms with Crippen LogP contribution >= 0.6 is 11.6 Å². The lowest BCUT2D eigenvalue weighted by Gasteiger charge is -2.20. The second-order valence-electron chi connectivity index (χ2n) is 7.73. The van der Waals surface area contributed by atoms with Crippen LogP contribution < -0.4 is 5.43 Å². The van der Waals surface area contributed by atoms with E-state index in [1.54, 1.807) is 24.1 Å². The molecule has 2 aromatic carbocycles. The van der Waals surface area contributed by atoms with Gasteiger partial charge in [0.05, 0.1) is 5.69 Å². The zero-order chi connectivity index (χ0) is 24.1. The average molecular weight is 473 g/mol. The Kier molecular flexibility index (Phi) is 8.00. The summed E-state index contributed by atoms with van der Waals surface area (Å²) in [5, 5.41) is 6.87. The number of benzene rings is 2. The molecule has 0 aliphatic rings. The number of aromatic nitrogens is 2. The normalized spacial score (nSPS) is 11.8. The second-order valence-corrected chi connectivity index (χ2v) is 8.17. The SMILES string of the molecule is CCCN(CC)NC(=O)c1nn(-c2ccc(F)cc2F)c(/C(C)=C/c2ccc(Cl)cc2)c1C. The molecule has 0 fully saturated rings. The standard InChI is InChI=1S/C25H27ClF2N4O/c1-5-13-31(6-2)30-25(33)23-17(4)24(16(3)14-18-7-9-19(26)10-8-18)32(29-23)22-12-11-20(27)15-21(22)28/h7-12,14-15H,5-6,13H2,1-4H3,(H,30,33)/b16-14+. The third-order valence-electron chi connectivity index (χ3n) is 5.24. The van der Waals surface area contributed by atoms with Crippen molar-refractivity contribution < 1.29 is 13.6 Å². The smallest absolute Gasteiger partial charge is 0.283 e. The van der Waals surface area contributed by atoms with Crippen molar-refractivity contribution in [2.24, 2.45) is 0 Å². The van der Waals surface area contributed by atoms with Crippen LogP contribution in [0.5, 0.6) is 0 Å². The molecule has 1 N–H and O–H groups in total. The lowest BCUT2D eigenvalue weighted by atomic mass is 10.0. The highest BCUT2D eigenvalue weighted by Crippen LogP contribution is 2.28. The fourth-order valence-corrected chi connectivity index (χ4v) is 3.76. The highest BCUT2D eigenvalue weighted by molar-refractivity contribution is 6.30. The lowest BCUT2D eigenvalue weighted by molar-refractivity contribution is 0.0790. The molecule has 0 spiro atoms. The Balaban J connectivity index is 2.13. The van der Waals surface area contributed by atoms with E-state index in [-0.39, 0.29) is 17.3 Å². The third-order valence-corrected chi connectivity index (χ3v) is 5.49. The van der Waals surface area contributed by atoms with E-state index in [1.165, 1.54) is 10.7 Å². The largest absolute Gasteiger partial charge is 0.286 e. The van der Waals surface area contributed by atoms with Crippen LogP contribution in [0.15, 0.2) is 42.5 Å². The molecule has 3 aromatic rings. The Labute approximate surface area is 197 Å². The van der Waals surface area contributed by atoms with E-state index in [9.17, 15) is 13.6 Å². The molecule has 0 aliphatic heterocycles. The highest BCUT2D eigenvalue weighted by Gasteiger charge is 2.24. The van der Waals surface area contributed by atoms with Gasteiger partial charge in [-0.2, -0.15) is 5.10 Å². The van der Waals surface area contributed by atoms with Gasteiger partial charge in [0.25, 0.3) is 5.91 Å². The number of halogens is 3. The minimum absolute atomic E-state index is 0.0540. The number of rotatable bonds is 8. The number of nitrogens with one attached hydrogen (secondary N) is 1. The van der Waals surface area contributed by atoms with E-state index in [0.717, 1.165) is 29.7 Å². The summed E-state index contributed by atoms with van der Waals surface area (Å²) in [4.78, 5) is 13.0. The van der Waals surface area contributed by atoms with E-state index in [4.69, 9.17) is 11.6 Å². The number of nitrogens with zero attached hydrogens (tertiary/aromatic N) is 3. The van der Waals surface area contributed by atoms with Crippen molar-refractivity contribution in [2.75, 3.05) is 13.1 Å². The van der Waals surface area contributed by atoms with Crippen LogP contribution in [0.2, 0.25) is 5.02 Å². The van der Waals surface area contributed by atoms with Gasteiger partial charge < -0.3 is 0 Å². The van der Waals surface area contributed by atoms with Gasteiger partial charge in [-0.3, -0.25) is 10.2 Å². The van der Waals surface area contributed by atoms with E-state index < -0.39 is 11.6 Å². The van der Waals surface area contributed by atoms with Gasteiger partial charge in [0.2, 0.25) is 0 Å². The van der Waals surface area contributed by atoms with Crippen molar-refractivity contribution in [3.8, 4) is 5.69 Å². The number of hydrogen-bond acceptors (Lipinski definition) is 3. The Morgan fingerprint density at radius 2 is 1.88 bits per heavy atom. The van der Waals surface area contributed by atoms with Crippen LogP contribution in [-0.2, 0) is 0 Å². The monoisotopic (exact) mass is 472 g/mol. The fourth-order valence-electron chi connectivity index (χ4n) is 3.64. The number of amides is 1. The first-order chi connectivity index (χ1) is 15.7. The predicted octanol–water partition coefficient (Wildman–Crippen LogP) is 6.05. The second kappa shape index (κ2) is 10.7. The summed E-state index contributed by atoms with van der Waals surface area (Å²) < 4.78 is 29.6. The van der Waals surface area contributed by atoms with Crippen molar-refractivity contribution in [2.45, 2.75) is 34.1 Å². The summed E-state index contributed by atoms with van der Waals surface area (Å²) in [7, 11) is 0. The number of hydrazine groups is 1. The molecule has 0 unspecified atom stereocenters. The number of hydrogen-bond donors (Lipinski definition) is 1. The van der Waals surface area contributed by atoms with Gasteiger partial charge in [-0.05, 0) is 61.7 Å². The van der Waals surface area contributed by atoms with E-state index >= 15 is 0 Å². The molecule has 1 aromatic heterocycles. The van der Waals surface area contributed by atoms with Crippen LogP contribution in [0.25, 0.3) is 17.3 Å². The van der Waals surface area contributed by atoms with Crippen LogP contribution in [0.3, 0.4) is 0 Å². The molecule has 3 rings (SSSR count). The van der Waals surface area contributed by atoms with Gasteiger partial charge in [0.15, 0.2) is 11.5 Å². The topological polar surface area (TPSA) is 50.2 Å². The summed E-state index contributed by atoms with van der Waals surface area (Å²) in [5.41, 5.74) is 5.88. The molecule has 1 heterocycles. The van der Waals surface area contributed by atoms with Crippen molar-refractivity contribution in [1.29, 1.82) is 0 Å². The number of carbonyl (C=O) groups is 1. The summed E-state index contributed by atoms with van der Waals surface area (Å²) in [6, 6.07) is 10.5. The van der Waals surface area contributed by atoms with Crippen LogP contribution in [-0.4, -0.2) is 33.8 Å². The molecule has 174 valence electrons. The Hall–Kier alpha value is -3.03. The minimum atomic E-state index is -0.772. The van der Waals surface area contributed by atoms with E-state index in [2.05, 4.69) is 10.5 Å². The molecular formula is C25H27ClF2N4O. The fraction of sp³-hybridized carbons (Fsp3) is 0.280. The van der Waals surface area contributed by atoms with Crippen molar-refractivity contribution in [3.63, 3.8) is 0 Å². The molecule has 33 heavy (non-hydrogen) atoms. The predicted molar refractivity (Wildman–Crippen MR) is 128 cm³/mol. The molecule has 0 atom stereocenters. The summed E-state index contributed by atoms with van der Waals surface area (Å²) >= 11 is 5.98. The van der Waals surface area contributed by atoms with Gasteiger partial charge in [0.1, 0.15) is 11.5 Å². The first kappa shape index (κ1) is 24.6. The molecule has 0 radical (unpaired) electrons. The molecule has 0 bridgehead atoms. The van der Waals surface area contributed by atoms with Crippen LogP contribution in [0, 0.1) is 18.6 Å². The van der Waals surface area contributed by atoms with Crippen molar-refractivity contribution in [3.05, 3.63) is 81.6 Å².